The maximum Gasteiger partial charge on any atom is 0.252 e. The normalized spacial score (nSPS) is 15.1. The Morgan fingerprint density at radius 1 is 1.35 bits per heavy atom. The molecule has 0 aromatic carbocycles. The van der Waals surface area contributed by atoms with Crippen LogP contribution in [0.3, 0.4) is 0 Å². The van der Waals surface area contributed by atoms with Crippen LogP contribution in [0.25, 0.3) is 0 Å². The molecule has 0 amide bonds. The number of aryl methyl sites for hydroxylation is 1. The second-order valence-corrected chi connectivity index (χ2v) is 4.02. The Hall–Kier alpha value is -1.67. The van der Waals surface area contributed by atoms with Crippen LogP contribution in [0.4, 0.5) is 0 Å². The zero-order valence-corrected chi connectivity index (χ0v) is 10.2. The van der Waals surface area contributed by atoms with Crippen molar-refractivity contribution in [2.75, 3.05) is 13.1 Å². The molecule has 1 N–H and O–H groups in total. The molecule has 2 rings (SSSR count). The van der Waals surface area contributed by atoms with Gasteiger partial charge in [-0.1, -0.05) is 13.8 Å². The molecular weight excluding hydrogens is 216 g/mol. The summed E-state index contributed by atoms with van der Waals surface area (Å²) in [7, 11) is 0. The van der Waals surface area contributed by atoms with Gasteiger partial charge in [0.25, 0.3) is 5.88 Å². The first-order valence-corrected chi connectivity index (χ1v) is 5.96. The van der Waals surface area contributed by atoms with Crippen LogP contribution in [-0.4, -0.2) is 29.4 Å². The van der Waals surface area contributed by atoms with Gasteiger partial charge in [-0.15, -0.1) is 5.10 Å². The Balaban J connectivity index is 2.34. The van der Waals surface area contributed by atoms with Crippen molar-refractivity contribution in [3.05, 3.63) is 16.8 Å². The van der Waals surface area contributed by atoms with Gasteiger partial charge in [-0.05, 0) is 18.4 Å². The van der Waals surface area contributed by atoms with Gasteiger partial charge in [-0.25, -0.2) is 0 Å². The van der Waals surface area contributed by atoms with Crippen LogP contribution in [0.1, 0.15) is 30.7 Å². The summed E-state index contributed by atoms with van der Waals surface area (Å²) < 4.78 is 5.66. The number of nitriles is 1. The summed E-state index contributed by atoms with van der Waals surface area (Å²) in [6, 6.07) is 2.20. The van der Waals surface area contributed by atoms with Crippen molar-refractivity contribution in [3.63, 3.8) is 0 Å². The van der Waals surface area contributed by atoms with E-state index in [1.807, 2.05) is 13.8 Å². The van der Waals surface area contributed by atoms with Gasteiger partial charge in [0.1, 0.15) is 17.7 Å². The average molecular weight is 232 g/mol. The highest BCUT2D eigenvalue weighted by molar-refractivity contribution is 5.46. The lowest BCUT2D eigenvalue weighted by molar-refractivity contribution is 0.134. The summed E-state index contributed by atoms with van der Waals surface area (Å²) in [5.74, 6) is 0.382. The molecule has 0 radical (unpaired) electrons. The summed E-state index contributed by atoms with van der Waals surface area (Å²) in [6.07, 6.45) is 1.69. The van der Waals surface area contributed by atoms with Crippen LogP contribution < -0.4 is 10.1 Å². The van der Waals surface area contributed by atoms with Gasteiger partial charge in [0.05, 0.1) is 5.69 Å². The van der Waals surface area contributed by atoms with Gasteiger partial charge in [0, 0.05) is 13.1 Å². The number of rotatable bonds is 4. The van der Waals surface area contributed by atoms with Crippen LogP contribution in [-0.2, 0) is 12.8 Å². The van der Waals surface area contributed by atoms with Crippen molar-refractivity contribution in [1.29, 1.82) is 5.26 Å². The molecule has 5 nitrogen and oxygen atoms in total. The molecular formula is C12H16N4O. The lowest BCUT2D eigenvalue weighted by atomic mass is 10.0. The van der Waals surface area contributed by atoms with Crippen LogP contribution >= 0.6 is 0 Å². The van der Waals surface area contributed by atoms with E-state index in [1.165, 1.54) is 0 Å². The number of aromatic nitrogens is 2. The predicted molar refractivity (Wildman–Crippen MR) is 62.8 cm³/mol. The van der Waals surface area contributed by atoms with Crippen LogP contribution in [0.2, 0.25) is 0 Å². The minimum atomic E-state index is 0.119. The van der Waals surface area contributed by atoms with Gasteiger partial charge in [0.2, 0.25) is 0 Å². The summed E-state index contributed by atoms with van der Waals surface area (Å²) >= 11 is 0. The highest BCUT2D eigenvalue weighted by atomic mass is 16.5. The van der Waals surface area contributed by atoms with Crippen LogP contribution in [0.5, 0.6) is 5.88 Å². The predicted octanol–water partition coefficient (Wildman–Crippen LogP) is 0.824. The van der Waals surface area contributed by atoms with Crippen LogP contribution in [0.15, 0.2) is 0 Å². The van der Waals surface area contributed by atoms with Crippen molar-refractivity contribution in [3.8, 4) is 11.9 Å². The third-order valence-electron chi connectivity index (χ3n) is 2.95. The lowest BCUT2D eigenvalue weighted by Gasteiger charge is -2.27. The van der Waals surface area contributed by atoms with Gasteiger partial charge in [0.15, 0.2) is 0 Å². The minimum Gasteiger partial charge on any atom is -0.470 e. The molecule has 90 valence electrons. The van der Waals surface area contributed by atoms with E-state index in [1.54, 1.807) is 0 Å². The molecule has 1 aromatic heterocycles. The molecule has 0 spiro atoms. The van der Waals surface area contributed by atoms with Gasteiger partial charge >= 0.3 is 0 Å². The van der Waals surface area contributed by atoms with E-state index in [2.05, 4.69) is 21.6 Å². The molecule has 2 heterocycles. The van der Waals surface area contributed by atoms with E-state index in [4.69, 9.17) is 4.74 Å². The van der Waals surface area contributed by atoms with Crippen molar-refractivity contribution < 1.29 is 4.74 Å². The Morgan fingerprint density at radius 3 is 2.59 bits per heavy atom. The molecule has 1 aliphatic heterocycles. The van der Waals surface area contributed by atoms with E-state index in [0.29, 0.717) is 11.4 Å². The molecule has 1 aliphatic rings. The molecule has 0 unspecified atom stereocenters. The standard InChI is InChI=1S/C12H16N4O/c1-3-9-10(5-13)12(16-15-11(9)4-2)17-8-6-14-7-8/h8,14H,3-4,6-7H2,1-2H3. The van der Waals surface area contributed by atoms with E-state index in [-0.39, 0.29) is 6.10 Å². The Morgan fingerprint density at radius 2 is 2.12 bits per heavy atom. The SMILES string of the molecule is CCc1nnc(OC2CNC2)c(C#N)c1CC. The first kappa shape index (κ1) is 11.8. The smallest absolute Gasteiger partial charge is 0.252 e. The third-order valence-corrected chi connectivity index (χ3v) is 2.95. The molecule has 0 atom stereocenters. The number of nitrogens with zero attached hydrogens (tertiary/aromatic N) is 3. The van der Waals surface area contributed by atoms with Crippen molar-refractivity contribution >= 4 is 0 Å². The molecule has 1 aromatic rings. The minimum absolute atomic E-state index is 0.119. The zero-order valence-electron chi connectivity index (χ0n) is 10.2. The number of ether oxygens (including phenoxy) is 1. The summed E-state index contributed by atoms with van der Waals surface area (Å²) in [5, 5.41) is 20.5. The van der Waals surface area contributed by atoms with E-state index in [0.717, 1.165) is 37.2 Å². The monoisotopic (exact) mass is 232 g/mol. The van der Waals surface area contributed by atoms with Gasteiger partial charge < -0.3 is 10.1 Å². The topological polar surface area (TPSA) is 70.8 Å². The molecule has 1 fully saturated rings. The Labute approximate surface area is 101 Å². The van der Waals surface area contributed by atoms with Crippen molar-refractivity contribution in [2.45, 2.75) is 32.8 Å². The Bertz CT molecular complexity index is 449. The quantitative estimate of drug-likeness (QED) is 0.832. The number of hydrogen-bond donors (Lipinski definition) is 1. The maximum absolute atomic E-state index is 9.24. The summed E-state index contributed by atoms with van der Waals surface area (Å²) in [5.41, 5.74) is 2.40. The summed E-state index contributed by atoms with van der Waals surface area (Å²) in [4.78, 5) is 0. The molecule has 0 saturated carbocycles. The largest absolute Gasteiger partial charge is 0.470 e. The van der Waals surface area contributed by atoms with Crippen LogP contribution in [0, 0.1) is 11.3 Å². The highest BCUT2D eigenvalue weighted by Gasteiger charge is 2.23. The summed E-state index contributed by atoms with van der Waals surface area (Å²) in [6.45, 7) is 5.65. The maximum atomic E-state index is 9.24. The number of hydrogen-bond acceptors (Lipinski definition) is 5. The molecule has 17 heavy (non-hydrogen) atoms. The molecule has 5 heteroatoms. The lowest BCUT2D eigenvalue weighted by Crippen LogP contribution is -2.50. The van der Waals surface area contributed by atoms with Gasteiger partial charge in [-0.3, -0.25) is 0 Å². The second-order valence-electron chi connectivity index (χ2n) is 4.02. The highest BCUT2D eigenvalue weighted by Crippen LogP contribution is 2.23. The second kappa shape index (κ2) is 5.11. The first-order chi connectivity index (χ1) is 8.30. The van der Waals surface area contributed by atoms with Gasteiger partial charge in [-0.2, -0.15) is 10.4 Å². The number of nitrogens with one attached hydrogen (secondary N) is 1. The molecule has 1 saturated heterocycles. The molecule has 0 aliphatic carbocycles. The fraction of sp³-hybridized carbons (Fsp3) is 0.583. The average Bonchev–Trinajstić information content (AvgIpc) is 2.32. The van der Waals surface area contributed by atoms with Crippen molar-refractivity contribution in [2.24, 2.45) is 0 Å². The fourth-order valence-electron chi connectivity index (χ4n) is 1.86. The van der Waals surface area contributed by atoms with E-state index >= 15 is 0 Å². The van der Waals surface area contributed by atoms with E-state index < -0.39 is 0 Å². The van der Waals surface area contributed by atoms with E-state index in [9.17, 15) is 5.26 Å². The van der Waals surface area contributed by atoms with Crippen molar-refractivity contribution in [1.82, 2.24) is 15.5 Å². The third kappa shape index (κ3) is 2.22. The zero-order chi connectivity index (χ0) is 12.3. The Kier molecular flexibility index (Phi) is 3.55. The molecule has 0 bridgehead atoms. The fourth-order valence-corrected chi connectivity index (χ4v) is 1.86. The first-order valence-electron chi connectivity index (χ1n) is 5.96.